The van der Waals surface area contributed by atoms with E-state index in [4.69, 9.17) is 10.2 Å². The van der Waals surface area contributed by atoms with E-state index in [0.717, 1.165) is 4.88 Å². The van der Waals surface area contributed by atoms with Crippen LogP contribution in [0.25, 0.3) is 28.0 Å². The summed E-state index contributed by atoms with van der Waals surface area (Å²) in [7, 11) is 0. The van der Waals surface area contributed by atoms with Gasteiger partial charge in [-0.15, -0.1) is 26.6 Å². The largest absolute Gasteiger partial charge is 0.414 e. The number of nitrogen functional groups attached to an aromatic ring is 1. The van der Waals surface area contributed by atoms with Crippen LogP contribution in [0.1, 0.15) is 0 Å². The molecule has 0 bridgehead atoms. The summed E-state index contributed by atoms with van der Waals surface area (Å²) in [5, 5.41) is 17.7. The number of hydrogen-bond acceptors (Lipinski definition) is 7. The lowest BCUT2D eigenvalue weighted by Crippen LogP contribution is -2.02. The lowest BCUT2D eigenvalue weighted by molar-refractivity contribution is 0.583. The number of hydrogen-bond donors (Lipinski definition) is 1. The monoisotopic (exact) mass is 328 g/mol. The van der Waals surface area contributed by atoms with Crippen molar-refractivity contribution >= 4 is 17.2 Å². The molecule has 0 saturated heterocycles. The van der Waals surface area contributed by atoms with Crippen molar-refractivity contribution in [2.45, 2.75) is 0 Å². The highest BCUT2D eigenvalue weighted by atomic mass is 32.1. The summed E-state index contributed by atoms with van der Waals surface area (Å²) in [6, 6.07) is 9.63. The molecule has 2 N–H and O–H groups in total. The molecule has 23 heavy (non-hydrogen) atoms. The van der Waals surface area contributed by atoms with Gasteiger partial charge in [0.05, 0.1) is 10.6 Å². The summed E-state index contributed by atoms with van der Waals surface area (Å²) >= 11 is 1.48. The van der Waals surface area contributed by atoms with E-state index in [9.17, 15) is 4.39 Å². The summed E-state index contributed by atoms with van der Waals surface area (Å²) in [4.78, 5) is 0.847. The van der Waals surface area contributed by atoms with Crippen molar-refractivity contribution in [3.05, 3.63) is 47.6 Å². The van der Waals surface area contributed by atoms with Crippen LogP contribution in [0.3, 0.4) is 0 Å². The third-order valence-corrected chi connectivity index (χ3v) is 3.98. The number of benzene rings is 1. The van der Waals surface area contributed by atoms with E-state index < -0.39 is 5.82 Å². The number of aromatic nitrogens is 5. The molecule has 3 aromatic heterocycles. The molecule has 1 aromatic carbocycles. The van der Waals surface area contributed by atoms with Gasteiger partial charge in [-0.3, -0.25) is 0 Å². The van der Waals surface area contributed by atoms with Crippen LogP contribution in [0, 0.1) is 5.82 Å². The van der Waals surface area contributed by atoms with Gasteiger partial charge in [0.25, 0.3) is 11.8 Å². The lowest BCUT2D eigenvalue weighted by atomic mass is 10.3. The molecule has 0 atom stereocenters. The highest BCUT2D eigenvalue weighted by Gasteiger charge is 2.19. The van der Waals surface area contributed by atoms with Crippen molar-refractivity contribution in [3.63, 3.8) is 0 Å². The van der Waals surface area contributed by atoms with Crippen LogP contribution in [-0.4, -0.2) is 25.2 Å². The third-order valence-electron chi connectivity index (χ3n) is 3.12. The third kappa shape index (κ3) is 2.36. The minimum absolute atomic E-state index is 0.161. The zero-order valence-corrected chi connectivity index (χ0v) is 12.4. The van der Waals surface area contributed by atoms with Gasteiger partial charge in [-0.25, -0.2) is 4.39 Å². The predicted octanol–water partition coefficient (Wildman–Crippen LogP) is 2.77. The maximum absolute atomic E-state index is 13.3. The summed E-state index contributed by atoms with van der Waals surface area (Å²) in [5.74, 6) is 0.344. The Bertz CT molecular complexity index is 961. The van der Waals surface area contributed by atoms with E-state index in [0.29, 0.717) is 11.6 Å². The highest BCUT2D eigenvalue weighted by molar-refractivity contribution is 7.13. The average molecular weight is 328 g/mol. The van der Waals surface area contributed by atoms with Crippen LogP contribution < -0.4 is 5.73 Å². The van der Waals surface area contributed by atoms with Crippen molar-refractivity contribution < 1.29 is 8.81 Å². The Kier molecular flexibility index (Phi) is 3.12. The number of halogens is 1. The molecule has 0 radical (unpaired) electrons. The molecule has 9 heteroatoms. The molecular formula is C14H9FN6OS. The van der Waals surface area contributed by atoms with E-state index in [-0.39, 0.29) is 17.4 Å². The molecule has 0 spiro atoms. The standard InChI is InChI=1S/C14H9FN6OS/c15-8-3-1-4-9(7-8)21-12(16)11(17-20-21)14-19-18-13(22-14)10-5-2-6-23-10/h1-7H,16H2. The number of nitrogens with two attached hydrogens (primary N) is 1. The first kappa shape index (κ1) is 13.6. The molecule has 0 aliphatic carbocycles. The van der Waals surface area contributed by atoms with E-state index in [1.54, 1.807) is 12.1 Å². The van der Waals surface area contributed by atoms with Crippen LogP contribution in [0.4, 0.5) is 10.2 Å². The maximum Gasteiger partial charge on any atom is 0.272 e. The molecule has 4 aromatic rings. The molecule has 0 saturated carbocycles. The first-order valence-corrected chi connectivity index (χ1v) is 7.45. The van der Waals surface area contributed by atoms with Gasteiger partial charge in [0.1, 0.15) is 5.82 Å². The van der Waals surface area contributed by atoms with Crippen LogP contribution >= 0.6 is 11.3 Å². The van der Waals surface area contributed by atoms with E-state index in [1.807, 2.05) is 17.5 Å². The van der Waals surface area contributed by atoms with E-state index in [1.165, 1.54) is 28.2 Å². The van der Waals surface area contributed by atoms with Gasteiger partial charge in [-0.1, -0.05) is 17.3 Å². The summed E-state index contributed by atoms with van der Waals surface area (Å²) in [5.41, 5.74) is 6.75. The molecule has 0 amide bonds. The van der Waals surface area contributed by atoms with Gasteiger partial charge in [0.15, 0.2) is 11.5 Å². The Morgan fingerprint density at radius 3 is 2.74 bits per heavy atom. The number of anilines is 1. The zero-order valence-electron chi connectivity index (χ0n) is 11.5. The topological polar surface area (TPSA) is 95.7 Å². The van der Waals surface area contributed by atoms with Crippen LogP contribution in [0.5, 0.6) is 0 Å². The van der Waals surface area contributed by atoms with Gasteiger partial charge < -0.3 is 10.2 Å². The molecule has 114 valence electrons. The molecule has 4 rings (SSSR count). The van der Waals surface area contributed by atoms with Crippen LogP contribution in [-0.2, 0) is 0 Å². The Hall–Kier alpha value is -3.07. The Balaban J connectivity index is 1.74. The minimum atomic E-state index is -0.392. The fraction of sp³-hybridized carbons (Fsp3) is 0. The van der Waals surface area contributed by atoms with Crippen molar-refractivity contribution in [2.75, 3.05) is 5.73 Å². The zero-order chi connectivity index (χ0) is 15.8. The van der Waals surface area contributed by atoms with Crippen molar-refractivity contribution in [1.29, 1.82) is 0 Å². The summed E-state index contributed by atoms with van der Waals surface area (Å²) in [6.07, 6.45) is 0. The van der Waals surface area contributed by atoms with E-state index >= 15 is 0 Å². The van der Waals surface area contributed by atoms with Crippen molar-refractivity contribution in [3.8, 4) is 28.0 Å². The molecule has 0 fully saturated rings. The minimum Gasteiger partial charge on any atom is -0.414 e. The first-order chi connectivity index (χ1) is 11.2. The number of rotatable bonds is 3. The van der Waals surface area contributed by atoms with Gasteiger partial charge >= 0.3 is 0 Å². The fourth-order valence-corrected chi connectivity index (χ4v) is 2.70. The maximum atomic E-state index is 13.3. The normalized spacial score (nSPS) is 11.0. The van der Waals surface area contributed by atoms with Gasteiger partial charge in [-0.2, -0.15) is 4.68 Å². The second-order valence-electron chi connectivity index (χ2n) is 4.60. The van der Waals surface area contributed by atoms with E-state index in [2.05, 4.69) is 20.5 Å². The number of nitrogens with zero attached hydrogens (tertiary/aromatic N) is 5. The molecular weight excluding hydrogens is 319 g/mol. The highest BCUT2D eigenvalue weighted by Crippen LogP contribution is 2.29. The molecule has 0 aliphatic heterocycles. The summed E-state index contributed by atoms with van der Waals surface area (Å²) < 4.78 is 20.2. The summed E-state index contributed by atoms with van der Waals surface area (Å²) in [6.45, 7) is 0. The molecule has 7 nitrogen and oxygen atoms in total. The smallest absolute Gasteiger partial charge is 0.272 e. The quantitative estimate of drug-likeness (QED) is 0.621. The second-order valence-corrected chi connectivity index (χ2v) is 5.55. The predicted molar refractivity (Wildman–Crippen MR) is 82.3 cm³/mol. The molecule has 0 unspecified atom stereocenters. The van der Waals surface area contributed by atoms with Crippen LogP contribution in [0.2, 0.25) is 0 Å². The van der Waals surface area contributed by atoms with Gasteiger partial charge in [0.2, 0.25) is 0 Å². The fourth-order valence-electron chi connectivity index (χ4n) is 2.06. The Morgan fingerprint density at radius 2 is 1.96 bits per heavy atom. The molecule has 0 aliphatic rings. The van der Waals surface area contributed by atoms with Crippen LogP contribution in [0.15, 0.2) is 46.2 Å². The van der Waals surface area contributed by atoms with Crippen molar-refractivity contribution in [2.24, 2.45) is 0 Å². The average Bonchev–Trinajstić information content (AvgIpc) is 3.27. The molecule has 3 heterocycles. The SMILES string of the molecule is Nc1c(-c2nnc(-c3cccs3)o2)nnn1-c1cccc(F)c1. The lowest BCUT2D eigenvalue weighted by Gasteiger charge is -2.02. The Labute approximate surface area is 133 Å². The second kappa shape index (κ2) is 5.29. The van der Waals surface area contributed by atoms with Gasteiger partial charge in [0, 0.05) is 0 Å². The number of thiophene rings is 1. The van der Waals surface area contributed by atoms with Crippen molar-refractivity contribution in [1.82, 2.24) is 25.2 Å². The Morgan fingerprint density at radius 1 is 1.09 bits per heavy atom. The van der Waals surface area contributed by atoms with Gasteiger partial charge in [-0.05, 0) is 29.6 Å². The first-order valence-electron chi connectivity index (χ1n) is 6.57.